The SMILES string of the molecule is CN(CCc1ccncc1)c1cc(C(=O)NCCc2ccccc2F)ncn1. The van der Waals surface area contributed by atoms with Crippen molar-refractivity contribution in [1.29, 1.82) is 0 Å². The largest absolute Gasteiger partial charge is 0.359 e. The zero-order valence-electron chi connectivity index (χ0n) is 15.7. The zero-order chi connectivity index (χ0) is 19.8. The van der Waals surface area contributed by atoms with Crippen LogP contribution < -0.4 is 10.2 Å². The van der Waals surface area contributed by atoms with Crippen molar-refractivity contribution >= 4 is 11.7 Å². The summed E-state index contributed by atoms with van der Waals surface area (Å²) in [6.07, 6.45) is 6.17. The van der Waals surface area contributed by atoms with E-state index in [0.717, 1.165) is 13.0 Å². The Morgan fingerprint density at radius 2 is 1.89 bits per heavy atom. The number of pyridine rings is 1. The van der Waals surface area contributed by atoms with Crippen LogP contribution in [-0.2, 0) is 12.8 Å². The number of aromatic nitrogens is 3. The second-order valence-electron chi connectivity index (χ2n) is 6.39. The molecular formula is C21H22FN5O. The normalized spacial score (nSPS) is 10.5. The minimum Gasteiger partial charge on any atom is -0.359 e. The molecule has 0 saturated heterocycles. The van der Waals surface area contributed by atoms with Crippen molar-refractivity contribution in [3.8, 4) is 0 Å². The molecule has 0 radical (unpaired) electrons. The lowest BCUT2D eigenvalue weighted by molar-refractivity contribution is 0.0949. The Labute approximate surface area is 163 Å². The third kappa shape index (κ3) is 5.33. The summed E-state index contributed by atoms with van der Waals surface area (Å²) in [5.41, 5.74) is 2.04. The summed E-state index contributed by atoms with van der Waals surface area (Å²) in [5.74, 6) is 0.0997. The van der Waals surface area contributed by atoms with E-state index in [4.69, 9.17) is 0 Å². The van der Waals surface area contributed by atoms with Crippen LogP contribution in [0.3, 0.4) is 0 Å². The lowest BCUT2D eigenvalue weighted by Crippen LogP contribution is -2.28. The van der Waals surface area contributed by atoms with Crippen LogP contribution in [0.15, 0.2) is 61.2 Å². The Kier molecular flexibility index (Phi) is 6.62. The molecule has 0 aliphatic rings. The van der Waals surface area contributed by atoms with Crippen molar-refractivity contribution in [2.45, 2.75) is 12.8 Å². The van der Waals surface area contributed by atoms with E-state index in [0.29, 0.717) is 24.3 Å². The second-order valence-corrected chi connectivity index (χ2v) is 6.39. The van der Waals surface area contributed by atoms with Gasteiger partial charge in [-0.05, 0) is 42.2 Å². The molecule has 2 aromatic heterocycles. The second kappa shape index (κ2) is 9.55. The highest BCUT2D eigenvalue weighted by Crippen LogP contribution is 2.11. The van der Waals surface area contributed by atoms with E-state index in [-0.39, 0.29) is 17.4 Å². The Balaban J connectivity index is 1.54. The number of halogens is 1. The number of likely N-dealkylation sites (N-methyl/N-ethyl adjacent to an activating group) is 1. The van der Waals surface area contributed by atoms with Gasteiger partial charge in [0.1, 0.15) is 23.7 Å². The number of nitrogens with zero attached hydrogens (tertiary/aromatic N) is 4. The molecule has 0 aliphatic carbocycles. The number of benzene rings is 1. The van der Waals surface area contributed by atoms with E-state index in [9.17, 15) is 9.18 Å². The Morgan fingerprint density at radius 1 is 1.11 bits per heavy atom. The van der Waals surface area contributed by atoms with Crippen LogP contribution in [-0.4, -0.2) is 41.0 Å². The number of carbonyl (C=O) groups excluding carboxylic acids is 1. The molecule has 3 rings (SSSR count). The number of nitrogens with one attached hydrogen (secondary N) is 1. The van der Waals surface area contributed by atoms with Crippen molar-refractivity contribution in [1.82, 2.24) is 20.3 Å². The molecule has 3 aromatic rings. The van der Waals surface area contributed by atoms with Crippen molar-refractivity contribution in [3.63, 3.8) is 0 Å². The van der Waals surface area contributed by atoms with Crippen LogP contribution >= 0.6 is 0 Å². The Hall–Kier alpha value is -3.35. The first-order chi connectivity index (χ1) is 13.6. The molecule has 1 amide bonds. The van der Waals surface area contributed by atoms with E-state index in [1.807, 2.05) is 24.1 Å². The number of anilines is 1. The fourth-order valence-corrected chi connectivity index (χ4v) is 2.74. The van der Waals surface area contributed by atoms with Crippen LogP contribution in [0.25, 0.3) is 0 Å². The maximum Gasteiger partial charge on any atom is 0.270 e. The average molecular weight is 379 g/mol. The summed E-state index contributed by atoms with van der Waals surface area (Å²) in [6.45, 7) is 1.08. The smallest absolute Gasteiger partial charge is 0.270 e. The Bertz CT molecular complexity index is 919. The van der Waals surface area contributed by atoms with Gasteiger partial charge in [0.15, 0.2) is 0 Å². The van der Waals surface area contributed by atoms with E-state index in [1.54, 1.807) is 36.7 Å². The van der Waals surface area contributed by atoms with Gasteiger partial charge in [-0.15, -0.1) is 0 Å². The first-order valence-electron chi connectivity index (χ1n) is 9.07. The maximum absolute atomic E-state index is 13.6. The summed E-state index contributed by atoms with van der Waals surface area (Å²) < 4.78 is 13.6. The van der Waals surface area contributed by atoms with Crippen molar-refractivity contribution in [3.05, 3.63) is 83.8 Å². The van der Waals surface area contributed by atoms with Gasteiger partial charge < -0.3 is 10.2 Å². The minimum absolute atomic E-state index is 0.267. The Morgan fingerprint density at radius 3 is 2.68 bits per heavy atom. The topological polar surface area (TPSA) is 71.0 Å². The summed E-state index contributed by atoms with van der Waals surface area (Å²) in [6, 6.07) is 12.1. The molecule has 0 bridgehead atoms. The average Bonchev–Trinajstić information content (AvgIpc) is 2.74. The maximum atomic E-state index is 13.6. The van der Waals surface area contributed by atoms with Crippen LogP contribution in [0, 0.1) is 5.82 Å². The van der Waals surface area contributed by atoms with E-state index in [1.165, 1.54) is 18.0 Å². The standard InChI is InChI=1S/C21H22FN5O/c1-27(13-9-16-6-10-23-11-7-16)20-14-19(25-15-26-20)21(28)24-12-8-17-4-2-3-5-18(17)22/h2-7,10-11,14-15H,8-9,12-13H2,1H3,(H,24,28). The van der Waals surface area contributed by atoms with Crippen LogP contribution in [0.1, 0.15) is 21.6 Å². The molecule has 6 nitrogen and oxygen atoms in total. The van der Waals surface area contributed by atoms with Gasteiger partial charge in [0, 0.05) is 38.6 Å². The van der Waals surface area contributed by atoms with Gasteiger partial charge in [-0.1, -0.05) is 18.2 Å². The number of rotatable bonds is 8. The van der Waals surface area contributed by atoms with E-state index >= 15 is 0 Å². The highest BCUT2D eigenvalue weighted by molar-refractivity contribution is 5.92. The van der Waals surface area contributed by atoms with Crippen LogP contribution in [0.2, 0.25) is 0 Å². The monoisotopic (exact) mass is 379 g/mol. The van der Waals surface area contributed by atoms with Crippen molar-refractivity contribution in [2.24, 2.45) is 0 Å². The molecule has 1 aromatic carbocycles. The quantitative estimate of drug-likeness (QED) is 0.652. The van der Waals surface area contributed by atoms with Gasteiger partial charge in [-0.2, -0.15) is 0 Å². The number of hydrogen-bond acceptors (Lipinski definition) is 5. The molecule has 0 atom stereocenters. The third-order valence-corrected chi connectivity index (χ3v) is 4.40. The highest BCUT2D eigenvalue weighted by atomic mass is 19.1. The van der Waals surface area contributed by atoms with Gasteiger partial charge in [0.25, 0.3) is 5.91 Å². The number of amides is 1. The van der Waals surface area contributed by atoms with Crippen molar-refractivity contribution < 1.29 is 9.18 Å². The molecule has 0 aliphatic heterocycles. The summed E-state index contributed by atoms with van der Waals surface area (Å²) in [7, 11) is 1.92. The lowest BCUT2D eigenvalue weighted by Gasteiger charge is -2.18. The fourth-order valence-electron chi connectivity index (χ4n) is 2.74. The molecule has 7 heteroatoms. The van der Waals surface area contributed by atoms with E-state index < -0.39 is 0 Å². The fraction of sp³-hybridized carbons (Fsp3) is 0.238. The van der Waals surface area contributed by atoms with Crippen molar-refractivity contribution in [2.75, 3.05) is 25.0 Å². The van der Waals surface area contributed by atoms with Gasteiger partial charge in [0.2, 0.25) is 0 Å². The highest BCUT2D eigenvalue weighted by Gasteiger charge is 2.11. The molecule has 28 heavy (non-hydrogen) atoms. The third-order valence-electron chi connectivity index (χ3n) is 4.40. The molecule has 0 fully saturated rings. The van der Waals surface area contributed by atoms with Crippen LogP contribution in [0.4, 0.5) is 10.2 Å². The number of carbonyl (C=O) groups is 1. The first kappa shape index (κ1) is 19.4. The summed E-state index contributed by atoms with van der Waals surface area (Å²) in [4.78, 5) is 26.6. The predicted molar refractivity (Wildman–Crippen MR) is 106 cm³/mol. The van der Waals surface area contributed by atoms with Gasteiger partial charge in [0.05, 0.1) is 0 Å². The summed E-state index contributed by atoms with van der Waals surface area (Å²) in [5, 5.41) is 2.78. The molecule has 2 heterocycles. The van der Waals surface area contributed by atoms with Crippen LogP contribution in [0.5, 0.6) is 0 Å². The van der Waals surface area contributed by atoms with Gasteiger partial charge >= 0.3 is 0 Å². The minimum atomic E-state index is -0.303. The van der Waals surface area contributed by atoms with E-state index in [2.05, 4.69) is 20.3 Å². The molecule has 1 N–H and O–H groups in total. The first-order valence-corrected chi connectivity index (χ1v) is 9.07. The molecule has 0 saturated carbocycles. The predicted octanol–water partition coefficient (Wildman–Crippen LogP) is 2.66. The molecule has 144 valence electrons. The van der Waals surface area contributed by atoms with Gasteiger partial charge in [-0.25, -0.2) is 14.4 Å². The lowest BCUT2D eigenvalue weighted by atomic mass is 10.1. The molecular weight excluding hydrogens is 357 g/mol. The molecule has 0 unspecified atom stereocenters. The number of hydrogen-bond donors (Lipinski definition) is 1. The summed E-state index contributed by atoms with van der Waals surface area (Å²) >= 11 is 0. The van der Waals surface area contributed by atoms with Gasteiger partial charge in [-0.3, -0.25) is 9.78 Å². The zero-order valence-corrected chi connectivity index (χ0v) is 15.7. The molecule has 0 spiro atoms.